The van der Waals surface area contributed by atoms with E-state index in [-0.39, 0.29) is 18.2 Å². The molecule has 1 atom stereocenters. The van der Waals surface area contributed by atoms with Crippen molar-refractivity contribution in [2.75, 3.05) is 20.7 Å². The van der Waals surface area contributed by atoms with Gasteiger partial charge in [0.1, 0.15) is 11.7 Å². The number of carbonyl (C=O) groups excluding carboxylic acids is 3. The molecular weight excluding hydrogens is 282 g/mol. The third-order valence-corrected chi connectivity index (χ3v) is 2.99. The number of nitrogens with zero attached hydrogens (tertiary/aromatic N) is 1. The summed E-state index contributed by atoms with van der Waals surface area (Å²) in [6, 6.07) is 6.60. The summed E-state index contributed by atoms with van der Waals surface area (Å²) >= 11 is 0. The lowest BCUT2D eigenvalue weighted by Gasteiger charge is -2.15. The summed E-state index contributed by atoms with van der Waals surface area (Å²) in [6.45, 7) is 3.17. The van der Waals surface area contributed by atoms with E-state index in [1.165, 1.54) is 13.0 Å². The predicted octanol–water partition coefficient (Wildman–Crippen LogP) is 2.18. The van der Waals surface area contributed by atoms with Crippen LogP contribution in [0.3, 0.4) is 0 Å². The molecule has 0 fully saturated rings. The molecule has 0 aliphatic rings. The van der Waals surface area contributed by atoms with E-state index >= 15 is 0 Å². The van der Waals surface area contributed by atoms with E-state index in [1.54, 1.807) is 56.4 Å². The molecule has 0 amide bonds. The van der Waals surface area contributed by atoms with E-state index in [2.05, 4.69) is 0 Å². The predicted molar refractivity (Wildman–Crippen MR) is 83.7 cm³/mol. The van der Waals surface area contributed by atoms with Gasteiger partial charge >= 0.3 is 5.97 Å². The van der Waals surface area contributed by atoms with Crippen LogP contribution in [-0.2, 0) is 14.3 Å². The highest BCUT2D eigenvalue weighted by molar-refractivity contribution is 6.10. The van der Waals surface area contributed by atoms with Crippen LogP contribution in [0.5, 0.6) is 0 Å². The van der Waals surface area contributed by atoms with Gasteiger partial charge in [0.05, 0.1) is 6.61 Å². The minimum Gasteiger partial charge on any atom is -0.465 e. The van der Waals surface area contributed by atoms with Crippen molar-refractivity contribution in [1.29, 1.82) is 0 Å². The Kier molecular flexibility index (Phi) is 6.50. The standard InChI is InChI=1S/C17H21NO4/c1-5-22-17(21)16(12(2)19)14-9-7-6-8-13(14)15(20)10-11-18(3)4/h6-11,16H,5H2,1-4H3/b11-10-. The van der Waals surface area contributed by atoms with Gasteiger partial charge < -0.3 is 9.64 Å². The van der Waals surface area contributed by atoms with Crippen LogP contribution in [0.25, 0.3) is 0 Å². The second-order valence-corrected chi connectivity index (χ2v) is 5.03. The van der Waals surface area contributed by atoms with Gasteiger partial charge in [-0.05, 0) is 19.4 Å². The molecule has 1 aromatic carbocycles. The van der Waals surface area contributed by atoms with Crippen LogP contribution in [-0.4, -0.2) is 43.1 Å². The van der Waals surface area contributed by atoms with Gasteiger partial charge in [0.25, 0.3) is 0 Å². The number of rotatable bonds is 7. The Hall–Kier alpha value is -2.43. The zero-order chi connectivity index (χ0) is 16.7. The van der Waals surface area contributed by atoms with Crippen LogP contribution in [0.4, 0.5) is 0 Å². The molecule has 0 spiro atoms. The van der Waals surface area contributed by atoms with E-state index in [0.717, 1.165) is 0 Å². The number of ketones is 2. The highest BCUT2D eigenvalue weighted by Gasteiger charge is 2.29. The fourth-order valence-electron chi connectivity index (χ4n) is 2.02. The summed E-state index contributed by atoms with van der Waals surface area (Å²) < 4.78 is 4.96. The minimum atomic E-state index is -1.08. The van der Waals surface area contributed by atoms with E-state index < -0.39 is 11.9 Å². The van der Waals surface area contributed by atoms with Crippen LogP contribution >= 0.6 is 0 Å². The molecule has 0 bridgehead atoms. The maximum absolute atomic E-state index is 12.3. The van der Waals surface area contributed by atoms with Gasteiger partial charge in [0, 0.05) is 31.9 Å². The number of allylic oxidation sites excluding steroid dienone is 1. The third-order valence-electron chi connectivity index (χ3n) is 2.99. The van der Waals surface area contributed by atoms with E-state index in [0.29, 0.717) is 11.1 Å². The molecule has 118 valence electrons. The molecule has 0 saturated carbocycles. The number of carbonyl (C=O) groups is 3. The normalized spacial score (nSPS) is 12.0. The van der Waals surface area contributed by atoms with Gasteiger partial charge in [-0.25, -0.2) is 0 Å². The zero-order valence-electron chi connectivity index (χ0n) is 13.3. The molecule has 0 N–H and O–H groups in total. The van der Waals surface area contributed by atoms with Gasteiger partial charge in [-0.1, -0.05) is 24.3 Å². The Balaban J connectivity index is 3.26. The maximum Gasteiger partial charge on any atom is 0.321 e. The third kappa shape index (κ3) is 4.55. The van der Waals surface area contributed by atoms with Crippen LogP contribution in [0.1, 0.15) is 35.7 Å². The number of esters is 1. The van der Waals surface area contributed by atoms with E-state index in [4.69, 9.17) is 4.74 Å². The van der Waals surface area contributed by atoms with Crippen LogP contribution in [0.2, 0.25) is 0 Å². The number of hydrogen-bond donors (Lipinski definition) is 0. The second-order valence-electron chi connectivity index (χ2n) is 5.03. The van der Waals surface area contributed by atoms with Crippen molar-refractivity contribution >= 4 is 17.5 Å². The monoisotopic (exact) mass is 303 g/mol. The summed E-state index contributed by atoms with van der Waals surface area (Å²) in [5.74, 6) is -2.32. The molecule has 1 rings (SSSR count). The average Bonchev–Trinajstić information content (AvgIpc) is 2.45. The molecular formula is C17H21NO4. The minimum absolute atomic E-state index is 0.180. The van der Waals surface area contributed by atoms with Gasteiger partial charge in [-0.3, -0.25) is 14.4 Å². The molecule has 0 radical (unpaired) electrons. The summed E-state index contributed by atoms with van der Waals surface area (Å²) in [5.41, 5.74) is 0.704. The number of benzene rings is 1. The molecule has 0 aliphatic heterocycles. The van der Waals surface area contributed by atoms with Crippen LogP contribution in [0.15, 0.2) is 36.5 Å². The van der Waals surface area contributed by atoms with Gasteiger partial charge in [0.15, 0.2) is 5.78 Å². The molecule has 22 heavy (non-hydrogen) atoms. The van der Waals surface area contributed by atoms with Gasteiger partial charge in [-0.2, -0.15) is 0 Å². The molecule has 5 nitrogen and oxygen atoms in total. The van der Waals surface area contributed by atoms with Crippen LogP contribution < -0.4 is 0 Å². The number of ether oxygens (including phenoxy) is 1. The van der Waals surface area contributed by atoms with E-state index in [1.807, 2.05) is 0 Å². The summed E-state index contributed by atoms with van der Waals surface area (Å²) in [7, 11) is 3.60. The largest absolute Gasteiger partial charge is 0.465 e. The van der Waals surface area contributed by atoms with Crippen molar-refractivity contribution in [2.45, 2.75) is 19.8 Å². The lowest BCUT2D eigenvalue weighted by molar-refractivity contribution is -0.147. The molecule has 1 aromatic rings. The lowest BCUT2D eigenvalue weighted by Crippen LogP contribution is -2.24. The molecule has 5 heteroatoms. The SMILES string of the molecule is CCOC(=O)C(C(C)=O)c1ccccc1C(=O)/C=C\N(C)C. The Bertz CT molecular complexity index is 590. The summed E-state index contributed by atoms with van der Waals surface area (Å²) in [5, 5.41) is 0. The molecule has 0 saturated heterocycles. The second kappa shape index (κ2) is 8.12. The first-order valence-electron chi connectivity index (χ1n) is 7.03. The first-order chi connectivity index (χ1) is 10.4. The highest BCUT2D eigenvalue weighted by atomic mass is 16.5. The van der Waals surface area contributed by atoms with Crippen molar-refractivity contribution in [3.63, 3.8) is 0 Å². The fourth-order valence-corrected chi connectivity index (χ4v) is 2.02. The molecule has 0 aliphatic carbocycles. The summed E-state index contributed by atoms with van der Waals surface area (Å²) in [4.78, 5) is 37.9. The van der Waals surface area contributed by atoms with Gasteiger partial charge in [-0.15, -0.1) is 0 Å². The fraction of sp³-hybridized carbons (Fsp3) is 0.353. The first kappa shape index (κ1) is 17.6. The Labute approximate surface area is 130 Å². The number of hydrogen-bond acceptors (Lipinski definition) is 5. The van der Waals surface area contributed by atoms with Gasteiger partial charge in [0.2, 0.25) is 0 Å². The van der Waals surface area contributed by atoms with Crippen LogP contribution in [0, 0.1) is 0 Å². The quantitative estimate of drug-likeness (QED) is 0.334. The highest BCUT2D eigenvalue weighted by Crippen LogP contribution is 2.23. The molecule has 0 heterocycles. The van der Waals surface area contributed by atoms with Crippen molar-refractivity contribution in [2.24, 2.45) is 0 Å². The molecule has 1 unspecified atom stereocenters. The maximum atomic E-state index is 12.3. The first-order valence-corrected chi connectivity index (χ1v) is 7.03. The summed E-state index contributed by atoms with van der Waals surface area (Å²) in [6.07, 6.45) is 3.02. The van der Waals surface area contributed by atoms with Crippen molar-refractivity contribution in [1.82, 2.24) is 4.90 Å². The van der Waals surface area contributed by atoms with E-state index in [9.17, 15) is 14.4 Å². The van der Waals surface area contributed by atoms with Crippen molar-refractivity contribution in [3.8, 4) is 0 Å². The smallest absolute Gasteiger partial charge is 0.321 e. The lowest BCUT2D eigenvalue weighted by atomic mass is 9.89. The topological polar surface area (TPSA) is 63.7 Å². The Morgan fingerprint density at radius 1 is 1.23 bits per heavy atom. The van der Waals surface area contributed by atoms with Crippen molar-refractivity contribution < 1.29 is 19.1 Å². The number of Topliss-reactive ketones (excluding diaryl/α,β-unsaturated/α-hetero) is 1. The zero-order valence-corrected chi connectivity index (χ0v) is 13.3. The van der Waals surface area contributed by atoms with Crippen molar-refractivity contribution in [3.05, 3.63) is 47.7 Å². The Morgan fingerprint density at radius 2 is 1.86 bits per heavy atom. The molecule has 0 aromatic heterocycles. The Morgan fingerprint density at radius 3 is 2.41 bits per heavy atom. The average molecular weight is 303 g/mol.